The Kier molecular flexibility index (Phi) is 2.91. The lowest BCUT2D eigenvalue weighted by Crippen LogP contribution is -2.08. The van der Waals surface area contributed by atoms with Gasteiger partial charge >= 0.3 is 0 Å². The average molecular weight is 251 g/mol. The molecule has 1 nitrogen and oxygen atoms in total. The van der Waals surface area contributed by atoms with Crippen LogP contribution >= 0.6 is 15.9 Å². The van der Waals surface area contributed by atoms with Gasteiger partial charge in [0.25, 0.3) is 5.92 Å². The van der Waals surface area contributed by atoms with Crippen LogP contribution in [0.3, 0.4) is 0 Å². The summed E-state index contributed by atoms with van der Waals surface area (Å²) in [4.78, 5) is 0. The summed E-state index contributed by atoms with van der Waals surface area (Å²) in [7, 11) is 1.44. The topological polar surface area (TPSA) is 9.23 Å². The van der Waals surface area contributed by atoms with Gasteiger partial charge in [-0.15, -0.1) is 0 Å². The van der Waals surface area contributed by atoms with Crippen molar-refractivity contribution in [3.05, 3.63) is 28.2 Å². The monoisotopic (exact) mass is 250 g/mol. The highest BCUT2D eigenvalue weighted by Crippen LogP contribution is 2.37. The summed E-state index contributed by atoms with van der Waals surface area (Å²) in [6, 6.07) is 4.53. The third kappa shape index (κ3) is 2.18. The molecule has 0 amide bonds. The first-order valence-electron chi connectivity index (χ1n) is 3.67. The maximum absolute atomic E-state index is 12.9. The zero-order valence-corrected chi connectivity index (χ0v) is 8.86. The molecule has 0 bridgehead atoms. The number of hydrogen-bond donors (Lipinski definition) is 0. The van der Waals surface area contributed by atoms with Crippen LogP contribution in [-0.2, 0) is 5.92 Å². The summed E-state index contributed by atoms with van der Waals surface area (Å²) in [5.74, 6) is -2.44. The molecule has 0 aliphatic rings. The summed E-state index contributed by atoms with van der Waals surface area (Å²) in [6.45, 7) is 0.854. The van der Waals surface area contributed by atoms with Gasteiger partial charge in [0.05, 0.1) is 11.6 Å². The number of halogens is 3. The van der Waals surface area contributed by atoms with Gasteiger partial charge in [0.15, 0.2) is 0 Å². The van der Waals surface area contributed by atoms with Crippen molar-refractivity contribution in [2.75, 3.05) is 7.11 Å². The summed E-state index contributed by atoms with van der Waals surface area (Å²) in [6.07, 6.45) is 0. The lowest BCUT2D eigenvalue weighted by Gasteiger charge is -2.14. The van der Waals surface area contributed by atoms with Gasteiger partial charge in [-0.1, -0.05) is 12.1 Å². The van der Waals surface area contributed by atoms with E-state index in [-0.39, 0.29) is 5.56 Å². The van der Waals surface area contributed by atoms with Crippen molar-refractivity contribution in [2.45, 2.75) is 12.8 Å². The van der Waals surface area contributed by atoms with E-state index in [1.54, 1.807) is 6.07 Å². The minimum Gasteiger partial charge on any atom is -0.496 e. The molecule has 0 unspecified atom stereocenters. The predicted octanol–water partition coefficient (Wildman–Crippen LogP) is 3.57. The number of methoxy groups -OCH3 is 1. The zero-order chi connectivity index (χ0) is 10.1. The summed E-state index contributed by atoms with van der Waals surface area (Å²) in [5.41, 5.74) is -0.0631. The molecule has 1 aromatic rings. The van der Waals surface area contributed by atoms with Crippen molar-refractivity contribution in [3.63, 3.8) is 0 Å². The van der Waals surface area contributed by atoms with Gasteiger partial charge in [0.1, 0.15) is 5.75 Å². The first-order valence-corrected chi connectivity index (χ1v) is 4.47. The highest BCUT2D eigenvalue weighted by Gasteiger charge is 2.28. The van der Waals surface area contributed by atoms with E-state index in [9.17, 15) is 8.78 Å². The highest BCUT2D eigenvalue weighted by atomic mass is 79.9. The van der Waals surface area contributed by atoms with E-state index in [0.29, 0.717) is 10.2 Å². The van der Waals surface area contributed by atoms with E-state index in [0.717, 1.165) is 6.92 Å². The molecule has 0 aliphatic heterocycles. The van der Waals surface area contributed by atoms with E-state index in [4.69, 9.17) is 4.74 Å². The van der Waals surface area contributed by atoms with Crippen LogP contribution < -0.4 is 4.74 Å². The van der Waals surface area contributed by atoms with E-state index >= 15 is 0 Å². The van der Waals surface area contributed by atoms with E-state index in [2.05, 4.69) is 15.9 Å². The van der Waals surface area contributed by atoms with Crippen LogP contribution in [0.4, 0.5) is 8.78 Å². The quantitative estimate of drug-likeness (QED) is 0.780. The molecular formula is C9H9BrF2O. The van der Waals surface area contributed by atoms with E-state index in [1.807, 2.05) is 0 Å². The maximum atomic E-state index is 12.9. The second kappa shape index (κ2) is 3.62. The second-order valence-corrected chi connectivity index (χ2v) is 3.50. The fraction of sp³-hybridized carbons (Fsp3) is 0.333. The van der Waals surface area contributed by atoms with Gasteiger partial charge in [-0.3, -0.25) is 0 Å². The molecule has 0 saturated carbocycles. The molecule has 0 fully saturated rings. The summed E-state index contributed by atoms with van der Waals surface area (Å²) >= 11 is 3.07. The SMILES string of the molecule is COc1cccc(C(C)(F)F)c1Br. The molecule has 1 aromatic carbocycles. The molecule has 13 heavy (non-hydrogen) atoms. The largest absolute Gasteiger partial charge is 0.496 e. The van der Waals surface area contributed by atoms with Crippen LogP contribution in [0.25, 0.3) is 0 Å². The fourth-order valence-electron chi connectivity index (χ4n) is 1.01. The molecule has 72 valence electrons. The molecule has 0 spiro atoms. The Labute approximate surface area is 83.8 Å². The van der Waals surface area contributed by atoms with Crippen LogP contribution in [0.2, 0.25) is 0 Å². The number of rotatable bonds is 2. The molecular weight excluding hydrogens is 242 g/mol. The van der Waals surface area contributed by atoms with Gasteiger partial charge in [-0.05, 0) is 22.0 Å². The predicted molar refractivity (Wildman–Crippen MR) is 50.3 cm³/mol. The molecule has 0 atom stereocenters. The molecule has 0 radical (unpaired) electrons. The van der Waals surface area contributed by atoms with Crippen LogP contribution in [0.5, 0.6) is 5.75 Å². The van der Waals surface area contributed by atoms with Crippen molar-refractivity contribution in [2.24, 2.45) is 0 Å². The van der Waals surface area contributed by atoms with Crippen molar-refractivity contribution in [3.8, 4) is 5.75 Å². The summed E-state index contributed by atoms with van der Waals surface area (Å²) in [5, 5.41) is 0. The van der Waals surface area contributed by atoms with Gasteiger partial charge < -0.3 is 4.74 Å². The minimum absolute atomic E-state index is 0.0631. The molecule has 1 rings (SSSR count). The lowest BCUT2D eigenvalue weighted by molar-refractivity contribution is 0.0164. The smallest absolute Gasteiger partial charge is 0.271 e. The normalized spacial score (nSPS) is 11.5. The van der Waals surface area contributed by atoms with Gasteiger partial charge in [0.2, 0.25) is 0 Å². The first-order chi connectivity index (χ1) is 5.96. The number of benzene rings is 1. The third-order valence-corrected chi connectivity index (χ3v) is 2.47. The Morgan fingerprint density at radius 1 is 1.38 bits per heavy atom. The van der Waals surface area contributed by atoms with Gasteiger partial charge in [-0.2, -0.15) is 0 Å². The average Bonchev–Trinajstić information content (AvgIpc) is 2.02. The number of alkyl halides is 2. The molecule has 0 N–H and O–H groups in total. The van der Waals surface area contributed by atoms with Crippen molar-refractivity contribution in [1.29, 1.82) is 0 Å². The molecule has 0 saturated heterocycles. The molecule has 4 heteroatoms. The standard InChI is InChI=1S/C9H9BrF2O/c1-9(11,12)6-4-3-5-7(13-2)8(6)10/h3-5H,1-2H3. The van der Waals surface area contributed by atoms with Crippen LogP contribution in [0, 0.1) is 0 Å². The van der Waals surface area contributed by atoms with Crippen LogP contribution in [0.15, 0.2) is 22.7 Å². The second-order valence-electron chi connectivity index (χ2n) is 2.71. The van der Waals surface area contributed by atoms with E-state index < -0.39 is 5.92 Å². The van der Waals surface area contributed by atoms with Crippen molar-refractivity contribution >= 4 is 15.9 Å². The third-order valence-electron chi connectivity index (χ3n) is 1.66. The first kappa shape index (κ1) is 10.4. The Morgan fingerprint density at radius 2 is 2.00 bits per heavy atom. The highest BCUT2D eigenvalue weighted by molar-refractivity contribution is 9.10. The fourth-order valence-corrected chi connectivity index (χ4v) is 1.78. The van der Waals surface area contributed by atoms with Gasteiger partial charge in [0, 0.05) is 12.5 Å². The molecule has 0 aliphatic carbocycles. The van der Waals surface area contributed by atoms with Crippen molar-refractivity contribution in [1.82, 2.24) is 0 Å². The Balaban J connectivity index is 3.24. The Morgan fingerprint density at radius 3 is 2.46 bits per heavy atom. The van der Waals surface area contributed by atoms with E-state index in [1.165, 1.54) is 19.2 Å². The summed E-state index contributed by atoms with van der Waals surface area (Å²) < 4.78 is 31.1. The number of hydrogen-bond acceptors (Lipinski definition) is 1. The zero-order valence-electron chi connectivity index (χ0n) is 7.27. The molecule has 0 aromatic heterocycles. The molecule has 0 heterocycles. The maximum Gasteiger partial charge on any atom is 0.271 e. The lowest BCUT2D eigenvalue weighted by atomic mass is 10.1. The minimum atomic E-state index is -2.85. The van der Waals surface area contributed by atoms with Crippen LogP contribution in [0.1, 0.15) is 12.5 Å². The Hall–Kier alpha value is -0.640. The van der Waals surface area contributed by atoms with Gasteiger partial charge in [-0.25, -0.2) is 8.78 Å². The Bertz CT molecular complexity index is 307. The number of ether oxygens (including phenoxy) is 1. The van der Waals surface area contributed by atoms with Crippen LogP contribution in [-0.4, -0.2) is 7.11 Å². The van der Waals surface area contributed by atoms with Crippen molar-refractivity contribution < 1.29 is 13.5 Å².